The molecule has 2 N–H and O–H groups in total. The Kier molecular flexibility index (Phi) is 5.33. The quantitative estimate of drug-likeness (QED) is 0.689. The first-order chi connectivity index (χ1) is 13.3. The van der Waals surface area contributed by atoms with Crippen molar-refractivity contribution >= 4 is 5.91 Å². The minimum absolute atomic E-state index is 0.0258. The molecule has 1 aliphatic carbocycles. The Hall–Kier alpha value is -2.88. The Morgan fingerprint density at radius 2 is 1.78 bits per heavy atom. The van der Waals surface area contributed by atoms with Crippen molar-refractivity contribution in [3.05, 3.63) is 78.2 Å². The van der Waals surface area contributed by atoms with Crippen molar-refractivity contribution < 1.29 is 4.79 Å². The highest BCUT2D eigenvalue weighted by atomic mass is 16.1. The molecule has 3 aromatic rings. The van der Waals surface area contributed by atoms with Crippen LogP contribution in [0, 0.1) is 5.92 Å². The van der Waals surface area contributed by atoms with Gasteiger partial charge >= 0.3 is 0 Å². The summed E-state index contributed by atoms with van der Waals surface area (Å²) < 4.78 is 0. The van der Waals surface area contributed by atoms with Crippen molar-refractivity contribution in [2.45, 2.75) is 31.6 Å². The number of aromatic nitrogens is 2. The van der Waals surface area contributed by atoms with E-state index in [0.717, 1.165) is 17.8 Å². The highest BCUT2D eigenvalue weighted by Gasteiger charge is 2.23. The first-order valence-electron chi connectivity index (χ1n) is 9.72. The van der Waals surface area contributed by atoms with Crippen LogP contribution >= 0.6 is 0 Å². The lowest BCUT2D eigenvalue weighted by molar-refractivity contribution is 0.0943. The SMILES string of the molecule is O=C(NCC1CCC(c2ccccc2)CC1)c1c[nH]cc1-c1ccccn1. The third-order valence-corrected chi connectivity index (χ3v) is 5.60. The molecule has 0 aliphatic heterocycles. The fraction of sp³-hybridized carbons (Fsp3) is 0.304. The summed E-state index contributed by atoms with van der Waals surface area (Å²) in [7, 11) is 0. The molecule has 4 heteroatoms. The summed E-state index contributed by atoms with van der Waals surface area (Å²) in [6, 6.07) is 16.5. The number of nitrogens with one attached hydrogen (secondary N) is 2. The van der Waals surface area contributed by atoms with Crippen molar-refractivity contribution in [1.29, 1.82) is 0 Å². The number of hydrogen-bond donors (Lipinski definition) is 2. The molecule has 0 bridgehead atoms. The molecule has 0 spiro atoms. The molecule has 2 heterocycles. The van der Waals surface area contributed by atoms with Gasteiger partial charge in [0.25, 0.3) is 5.91 Å². The van der Waals surface area contributed by atoms with Crippen molar-refractivity contribution in [2.24, 2.45) is 5.92 Å². The largest absolute Gasteiger partial charge is 0.366 e. The van der Waals surface area contributed by atoms with E-state index in [4.69, 9.17) is 0 Å². The Morgan fingerprint density at radius 1 is 1.00 bits per heavy atom. The second-order valence-corrected chi connectivity index (χ2v) is 7.34. The maximum Gasteiger partial charge on any atom is 0.253 e. The van der Waals surface area contributed by atoms with Crippen molar-refractivity contribution in [2.75, 3.05) is 6.54 Å². The summed E-state index contributed by atoms with van der Waals surface area (Å²) >= 11 is 0. The van der Waals surface area contributed by atoms with Crippen LogP contribution in [0.2, 0.25) is 0 Å². The van der Waals surface area contributed by atoms with Crippen LogP contribution in [0.1, 0.15) is 47.5 Å². The average Bonchev–Trinajstić information content (AvgIpc) is 3.24. The van der Waals surface area contributed by atoms with E-state index in [1.807, 2.05) is 24.4 Å². The van der Waals surface area contributed by atoms with Crippen molar-refractivity contribution in [3.63, 3.8) is 0 Å². The van der Waals surface area contributed by atoms with E-state index in [0.29, 0.717) is 17.4 Å². The number of hydrogen-bond acceptors (Lipinski definition) is 2. The lowest BCUT2D eigenvalue weighted by atomic mass is 9.78. The van der Waals surface area contributed by atoms with Gasteiger partial charge in [0.05, 0.1) is 11.3 Å². The number of pyridine rings is 1. The molecular weight excluding hydrogens is 334 g/mol. The van der Waals surface area contributed by atoms with Crippen LogP contribution in [0.4, 0.5) is 0 Å². The Morgan fingerprint density at radius 3 is 2.52 bits per heavy atom. The van der Waals surface area contributed by atoms with Gasteiger partial charge in [0, 0.05) is 30.7 Å². The lowest BCUT2D eigenvalue weighted by Crippen LogP contribution is -2.31. The second-order valence-electron chi connectivity index (χ2n) is 7.34. The smallest absolute Gasteiger partial charge is 0.253 e. The normalized spacial score (nSPS) is 19.6. The number of H-pyrrole nitrogens is 1. The fourth-order valence-electron chi connectivity index (χ4n) is 4.04. The summed E-state index contributed by atoms with van der Waals surface area (Å²) in [5, 5.41) is 3.13. The van der Waals surface area contributed by atoms with Crippen LogP contribution in [0.5, 0.6) is 0 Å². The van der Waals surface area contributed by atoms with Gasteiger partial charge in [-0.2, -0.15) is 0 Å². The maximum atomic E-state index is 12.7. The second kappa shape index (κ2) is 8.21. The molecule has 1 aromatic carbocycles. The standard InChI is InChI=1S/C23H25N3O/c27-23(21-16-24-15-20(21)22-8-4-5-13-25-22)26-14-17-9-11-19(12-10-17)18-6-2-1-3-7-18/h1-8,13,15-17,19,24H,9-12,14H2,(H,26,27). The van der Waals surface area contributed by atoms with Gasteiger partial charge < -0.3 is 10.3 Å². The van der Waals surface area contributed by atoms with Crippen molar-refractivity contribution in [3.8, 4) is 11.3 Å². The molecule has 27 heavy (non-hydrogen) atoms. The molecule has 4 nitrogen and oxygen atoms in total. The monoisotopic (exact) mass is 359 g/mol. The molecule has 1 amide bonds. The molecule has 0 radical (unpaired) electrons. The Balaban J connectivity index is 1.32. The lowest BCUT2D eigenvalue weighted by Gasteiger charge is -2.29. The van der Waals surface area contributed by atoms with Gasteiger partial charge in [-0.15, -0.1) is 0 Å². The summed E-state index contributed by atoms with van der Waals surface area (Å²) in [5.74, 6) is 1.20. The third kappa shape index (κ3) is 4.11. The Bertz CT molecular complexity index is 865. The van der Waals surface area contributed by atoms with E-state index >= 15 is 0 Å². The topological polar surface area (TPSA) is 57.8 Å². The highest BCUT2D eigenvalue weighted by Crippen LogP contribution is 2.35. The summed E-state index contributed by atoms with van der Waals surface area (Å²) in [6.45, 7) is 0.743. The molecule has 1 fully saturated rings. The summed E-state index contributed by atoms with van der Waals surface area (Å²) in [4.78, 5) is 20.1. The predicted octanol–water partition coefficient (Wildman–Crippen LogP) is 4.78. The van der Waals surface area contributed by atoms with Gasteiger partial charge in [-0.1, -0.05) is 36.4 Å². The van der Waals surface area contributed by atoms with Gasteiger partial charge in [0.15, 0.2) is 0 Å². The van der Waals surface area contributed by atoms with E-state index < -0.39 is 0 Å². The van der Waals surface area contributed by atoms with Gasteiger partial charge in [0.1, 0.15) is 0 Å². The van der Waals surface area contributed by atoms with E-state index in [1.165, 1.54) is 31.2 Å². The van der Waals surface area contributed by atoms with Crippen LogP contribution in [-0.4, -0.2) is 22.4 Å². The highest BCUT2D eigenvalue weighted by molar-refractivity contribution is 6.00. The van der Waals surface area contributed by atoms with Crippen LogP contribution in [0.15, 0.2) is 67.1 Å². The van der Waals surface area contributed by atoms with E-state index in [2.05, 4.69) is 45.6 Å². The van der Waals surface area contributed by atoms with Crippen LogP contribution in [0.25, 0.3) is 11.3 Å². The van der Waals surface area contributed by atoms with Crippen LogP contribution < -0.4 is 5.32 Å². The molecule has 2 aromatic heterocycles. The van der Waals surface area contributed by atoms with Crippen LogP contribution in [0.3, 0.4) is 0 Å². The molecule has 0 atom stereocenters. The number of rotatable bonds is 5. The molecular formula is C23H25N3O. The van der Waals surface area contributed by atoms with Gasteiger partial charge in [-0.3, -0.25) is 9.78 Å². The Labute approximate surface area is 160 Å². The molecule has 0 unspecified atom stereocenters. The van der Waals surface area contributed by atoms with E-state index in [1.54, 1.807) is 12.4 Å². The first-order valence-corrected chi connectivity index (χ1v) is 9.72. The van der Waals surface area contributed by atoms with Crippen LogP contribution in [-0.2, 0) is 0 Å². The maximum absolute atomic E-state index is 12.7. The van der Waals surface area contributed by atoms with E-state index in [9.17, 15) is 4.79 Å². The number of benzene rings is 1. The molecule has 1 saturated carbocycles. The number of nitrogens with zero attached hydrogens (tertiary/aromatic N) is 1. The number of aromatic amines is 1. The molecule has 138 valence electrons. The number of carbonyl (C=O) groups excluding carboxylic acids is 1. The zero-order chi connectivity index (χ0) is 18.5. The third-order valence-electron chi connectivity index (χ3n) is 5.60. The predicted molar refractivity (Wildman–Crippen MR) is 107 cm³/mol. The van der Waals surface area contributed by atoms with Gasteiger partial charge in [-0.25, -0.2) is 0 Å². The van der Waals surface area contributed by atoms with Gasteiger partial charge in [0.2, 0.25) is 0 Å². The fourth-order valence-corrected chi connectivity index (χ4v) is 4.04. The molecule has 4 rings (SSSR count). The summed E-state index contributed by atoms with van der Waals surface area (Å²) in [5.41, 5.74) is 3.77. The number of amides is 1. The van der Waals surface area contributed by atoms with Crippen molar-refractivity contribution in [1.82, 2.24) is 15.3 Å². The zero-order valence-electron chi connectivity index (χ0n) is 15.4. The minimum Gasteiger partial charge on any atom is -0.366 e. The first kappa shape index (κ1) is 17.5. The zero-order valence-corrected chi connectivity index (χ0v) is 15.4. The van der Waals surface area contributed by atoms with Gasteiger partial charge in [-0.05, 0) is 55.2 Å². The minimum atomic E-state index is -0.0258. The number of carbonyl (C=O) groups is 1. The molecule has 0 saturated heterocycles. The van der Waals surface area contributed by atoms with E-state index in [-0.39, 0.29) is 5.91 Å². The average molecular weight is 359 g/mol. The summed E-state index contributed by atoms with van der Waals surface area (Å²) in [6.07, 6.45) is 10.1. The molecule has 1 aliphatic rings.